The smallest absolute Gasteiger partial charge is 0.271 e. The average Bonchev–Trinajstić information content (AvgIpc) is 2.63. The van der Waals surface area contributed by atoms with Gasteiger partial charge in [-0.1, -0.05) is 0 Å². The van der Waals surface area contributed by atoms with Gasteiger partial charge in [-0.3, -0.25) is 14.6 Å². The first-order valence-electron chi connectivity index (χ1n) is 9.56. The number of hydrogen-bond acceptors (Lipinski definition) is 3. The zero-order valence-electron chi connectivity index (χ0n) is 14.7. The van der Waals surface area contributed by atoms with E-state index in [4.69, 9.17) is 0 Å². The summed E-state index contributed by atoms with van der Waals surface area (Å²) in [6.07, 6.45) is 12.0. The van der Waals surface area contributed by atoms with Crippen LogP contribution < -0.4 is 10.9 Å². The van der Waals surface area contributed by atoms with E-state index in [0.717, 1.165) is 30.4 Å². The molecule has 4 saturated carbocycles. The van der Waals surface area contributed by atoms with Crippen molar-refractivity contribution in [3.63, 3.8) is 0 Å². The first-order chi connectivity index (χ1) is 12.6. The van der Waals surface area contributed by atoms with Gasteiger partial charge in [0.2, 0.25) is 5.91 Å². The molecule has 2 N–H and O–H groups in total. The van der Waals surface area contributed by atoms with Crippen LogP contribution in [0.1, 0.15) is 38.5 Å². The Hall–Kier alpha value is -2.43. The van der Waals surface area contributed by atoms with E-state index in [1.54, 1.807) is 24.7 Å². The lowest BCUT2D eigenvalue weighted by Gasteiger charge is -2.55. The number of nitrogens with zero attached hydrogens (tertiary/aromatic N) is 1. The van der Waals surface area contributed by atoms with Gasteiger partial charge in [-0.15, -0.1) is 0 Å². The highest BCUT2D eigenvalue weighted by atomic mass is 16.2. The summed E-state index contributed by atoms with van der Waals surface area (Å²) in [6, 6.07) is 5.54. The summed E-state index contributed by atoms with van der Waals surface area (Å²) in [4.78, 5) is 32.3. The van der Waals surface area contributed by atoms with Crippen LogP contribution in [0.15, 0.2) is 41.6 Å². The van der Waals surface area contributed by atoms with Crippen LogP contribution >= 0.6 is 0 Å². The molecule has 0 atom stereocenters. The molecule has 0 aliphatic heterocycles. The minimum absolute atomic E-state index is 0.0500. The Bertz CT molecular complexity index is 868. The highest BCUT2D eigenvalue weighted by Crippen LogP contribution is 2.60. The molecular weight excluding hydrogens is 326 g/mol. The minimum Gasteiger partial charge on any atom is -0.327 e. The van der Waals surface area contributed by atoms with Crippen LogP contribution in [0.3, 0.4) is 0 Å². The molecule has 5 heteroatoms. The molecule has 0 unspecified atom stereocenters. The van der Waals surface area contributed by atoms with Crippen LogP contribution in [0.25, 0.3) is 11.1 Å². The van der Waals surface area contributed by atoms with Crippen molar-refractivity contribution >= 4 is 11.6 Å². The van der Waals surface area contributed by atoms with E-state index in [0.29, 0.717) is 23.4 Å². The lowest BCUT2D eigenvalue weighted by molar-refractivity contribution is -0.140. The summed E-state index contributed by atoms with van der Waals surface area (Å²) < 4.78 is 0. The molecule has 1 amide bonds. The van der Waals surface area contributed by atoms with Gasteiger partial charge in [0.05, 0.1) is 5.41 Å². The number of aromatic amines is 1. The summed E-state index contributed by atoms with van der Waals surface area (Å²) in [7, 11) is 0. The molecule has 4 bridgehead atoms. The summed E-state index contributed by atoms with van der Waals surface area (Å²) in [5.41, 5.74) is 1.67. The van der Waals surface area contributed by atoms with E-state index in [2.05, 4.69) is 15.3 Å². The molecule has 26 heavy (non-hydrogen) atoms. The SMILES string of the molecule is O=C(Nc1cc(-c2ccncc2)c[nH]c1=O)C12CC3CC(CC(C3)C1)C2. The van der Waals surface area contributed by atoms with Crippen molar-refractivity contribution in [2.45, 2.75) is 38.5 Å². The molecule has 2 heterocycles. The van der Waals surface area contributed by atoms with Gasteiger partial charge in [0.1, 0.15) is 5.69 Å². The molecule has 2 aromatic rings. The second kappa shape index (κ2) is 5.79. The predicted molar refractivity (Wildman–Crippen MR) is 99.5 cm³/mol. The van der Waals surface area contributed by atoms with Crippen LogP contribution in [0.5, 0.6) is 0 Å². The van der Waals surface area contributed by atoms with Crippen LogP contribution in [0.4, 0.5) is 5.69 Å². The monoisotopic (exact) mass is 349 g/mol. The molecule has 4 aliphatic rings. The lowest BCUT2D eigenvalue weighted by Crippen LogP contribution is -2.52. The molecule has 4 fully saturated rings. The number of amides is 1. The van der Waals surface area contributed by atoms with Crippen molar-refractivity contribution in [3.8, 4) is 11.1 Å². The summed E-state index contributed by atoms with van der Waals surface area (Å²) >= 11 is 0. The fourth-order valence-corrected chi connectivity index (χ4v) is 5.93. The number of H-pyrrole nitrogens is 1. The van der Waals surface area contributed by atoms with Crippen LogP contribution in [-0.2, 0) is 4.79 Å². The van der Waals surface area contributed by atoms with Crippen molar-refractivity contribution in [3.05, 3.63) is 47.1 Å². The van der Waals surface area contributed by atoms with Crippen LogP contribution in [0, 0.1) is 23.2 Å². The number of hydrogen-bond donors (Lipinski definition) is 2. The van der Waals surface area contributed by atoms with Gasteiger partial charge in [0.15, 0.2) is 0 Å². The summed E-state index contributed by atoms with van der Waals surface area (Å²) in [5.74, 6) is 2.16. The van der Waals surface area contributed by atoms with Crippen molar-refractivity contribution < 1.29 is 4.79 Å². The maximum absolute atomic E-state index is 13.2. The number of carbonyl (C=O) groups is 1. The zero-order valence-corrected chi connectivity index (χ0v) is 14.7. The standard InChI is InChI=1S/C21H23N3O2/c25-19-18(8-17(12-23-19)16-1-3-22-4-2-16)24-20(26)21-9-13-5-14(10-21)7-15(6-13)11-21/h1-4,8,12-15H,5-7,9-11H2,(H,23,25)(H,24,26). The fraction of sp³-hybridized carbons (Fsp3) is 0.476. The van der Waals surface area contributed by atoms with Crippen molar-refractivity contribution in [2.24, 2.45) is 23.2 Å². The number of carbonyl (C=O) groups excluding carboxylic acids is 1. The summed E-state index contributed by atoms with van der Waals surface area (Å²) in [6.45, 7) is 0. The van der Waals surface area contributed by atoms with E-state index < -0.39 is 0 Å². The van der Waals surface area contributed by atoms with Crippen molar-refractivity contribution in [1.29, 1.82) is 0 Å². The highest BCUT2D eigenvalue weighted by Gasteiger charge is 2.54. The highest BCUT2D eigenvalue weighted by molar-refractivity contribution is 5.96. The Labute approximate surface area is 152 Å². The Kier molecular flexibility index (Phi) is 3.52. The summed E-state index contributed by atoms with van der Waals surface area (Å²) in [5, 5.41) is 2.98. The molecule has 0 saturated heterocycles. The second-order valence-corrected chi connectivity index (χ2v) is 8.52. The maximum atomic E-state index is 13.2. The first-order valence-corrected chi connectivity index (χ1v) is 9.56. The van der Waals surface area contributed by atoms with E-state index in [-0.39, 0.29) is 16.9 Å². The van der Waals surface area contributed by atoms with Crippen LogP contribution in [0.2, 0.25) is 0 Å². The molecule has 0 radical (unpaired) electrons. The number of pyridine rings is 2. The normalized spacial score (nSPS) is 31.8. The molecule has 134 valence electrons. The van der Waals surface area contributed by atoms with Gasteiger partial charge in [-0.05, 0) is 80.0 Å². The van der Waals surface area contributed by atoms with E-state index in [9.17, 15) is 9.59 Å². The third-order valence-electron chi connectivity index (χ3n) is 6.68. The Morgan fingerprint density at radius 2 is 1.65 bits per heavy atom. The van der Waals surface area contributed by atoms with Gasteiger partial charge in [0.25, 0.3) is 5.56 Å². The van der Waals surface area contributed by atoms with Gasteiger partial charge in [-0.2, -0.15) is 0 Å². The van der Waals surface area contributed by atoms with Gasteiger partial charge >= 0.3 is 0 Å². The van der Waals surface area contributed by atoms with Crippen molar-refractivity contribution in [1.82, 2.24) is 9.97 Å². The maximum Gasteiger partial charge on any atom is 0.271 e. The largest absolute Gasteiger partial charge is 0.327 e. The third kappa shape index (κ3) is 2.57. The fourth-order valence-electron chi connectivity index (χ4n) is 5.93. The van der Waals surface area contributed by atoms with Gasteiger partial charge < -0.3 is 10.3 Å². The molecule has 6 rings (SSSR count). The van der Waals surface area contributed by atoms with Crippen molar-refractivity contribution in [2.75, 3.05) is 5.32 Å². The first kappa shape index (κ1) is 15.8. The topological polar surface area (TPSA) is 74.8 Å². The van der Waals surface area contributed by atoms with E-state index in [1.165, 1.54) is 19.3 Å². The molecule has 2 aromatic heterocycles. The van der Waals surface area contributed by atoms with E-state index in [1.807, 2.05) is 12.1 Å². The lowest BCUT2D eigenvalue weighted by atomic mass is 9.49. The second-order valence-electron chi connectivity index (χ2n) is 8.52. The Balaban J connectivity index is 1.43. The number of rotatable bonds is 3. The predicted octanol–water partition coefficient (Wildman–Crippen LogP) is 3.59. The Morgan fingerprint density at radius 1 is 1.04 bits per heavy atom. The quantitative estimate of drug-likeness (QED) is 0.889. The average molecular weight is 349 g/mol. The Morgan fingerprint density at radius 3 is 2.27 bits per heavy atom. The number of anilines is 1. The molecule has 0 aromatic carbocycles. The zero-order chi connectivity index (χ0) is 17.7. The van der Waals surface area contributed by atoms with E-state index >= 15 is 0 Å². The molecular formula is C21H23N3O2. The van der Waals surface area contributed by atoms with Gasteiger partial charge in [0, 0.05) is 24.2 Å². The molecule has 0 spiro atoms. The molecule has 5 nitrogen and oxygen atoms in total. The van der Waals surface area contributed by atoms with Crippen LogP contribution in [-0.4, -0.2) is 15.9 Å². The number of aromatic nitrogens is 2. The minimum atomic E-state index is -0.256. The third-order valence-corrected chi connectivity index (χ3v) is 6.68. The molecule has 4 aliphatic carbocycles. The van der Waals surface area contributed by atoms with Gasteiger partial charge in [-0.25, -0.2) is 0 Å². The number of nitrogens with one attached hydrogen (secondary N) is 2.